The van der Waals surface area contributed by atoms with Crippen molar-refractivity contribution in [2.24, 2.45) is 0 Å². The van der Waals surface area contributed by atoms with Crippen LogP contribution >= 0.6 is 0 Å². The van der Waals surface area contributed by atoms with E-state index < -0.39 is 16.1 Å². The van der Waals surface area contributed by atoms with Gasteiger partial charge in [0.15, 0.2) is 16.1 Å². The molecule has 0 aliphatic carbocycles. The third-order valence-corrected chi connectivity index (χ3v) is 30.5. The number of fused-ring (bicyclic) bond motifs is 10. The molecule has 0 saturated carbocycles. The number of aromatic nitrogens is 2. The summed E-state index contributed by atoms with van der Waals surface area (Å²) in [4.78, 5) is 5.24. The van der Waals surface area contributed by atoms with Gasteiger partial charge in [-0.2, -0.15) is 0 Å². The molecule has 454 valence electrons. The number of hydrogen-bond donors (Lipinski definition) is 0. The third kappa shape index (κ3) is 8.62. The lowest BCUT2D eigenvalue weighted by Gasteiger charge is -2.45. The molecule has 0 saturated heterocycles. The molecule has 0 amide bonds. The lowest BCUT2D eigenvalue weighted by molar-refractivity contribution is 1.17. The topological polar surface area (TPSA) is 16.3 Å². The van der Waals surface area contributed by atoms with E-state index in [0.29, 0.717) is 0 Å². The van der Waals surface area contributed by atoms with E-state index in [0.717, 1.165) is 45.5 Å². The van der Waals surface area contributed by atoms with E-state index >= 15 is 0 Å². The molecule has 2 aliphatic heterocycles. The molecule has 0 atom stereocenters. The first-order valence-corrected chi connectivity index (χ1v) is 37.7. The molecule has 0 unspecified atom stereocenters. The Morgan fingerprint density at radius 3 is 0.773 bits per heavy atom. The van der Waals surface area contributed by atoms with Gasteiger partial charge in [0.25, 0.3) is 6.71 Å². The minimum absolute atomic E-state index is 0.160. The highest BCUT2D eigenvalue weighted by Crippen LogP contribution is 2.46. The Balaban J connectivity index is 0.903. The molecule has 4 nitrogen and oxygen atoms in total. The highest BCUT2D eigenvalue weighted by Gasteiger charge is 2.47. The predicted octanol–water partition coefficient (Wildman–Crippen LogP) is 14.7. The van der Waals surface area contributed by atoms with Crippen LogP contribution in [-0.2, 0) is 0 Å². The zero-order chi connectivity index (χ0) is 64.0. The maximum Gasteiger partial charge on any atom is 0.252 e. The van der Waals surface area contributed by atoms with E-state index in [1.807, 2.05) is 0 Å². The van der Waals surface area contributed by atoms with Gasteiger partial charge in [0.1, 0.15) is 0 Å². The van der Waals surface area contributed by atoms with Crippen molar-refractivity contribution in [1.82, 2.24) is 9.13 Å². The number of nitrogens with zero attached hydrogens (tertiary/aromatic N) is 4. The monoisotopic (exact) mass is 1270 g/mol. The van der Waals surface area contributed by atoms with Crippen LogP contribution in [0, 0.1) is 0 Å². The van der Waals surface area contributed by atoms with Crippen LogP contribution in [0.4, 0.5) is 34.1 Å². The molecule has 7 heteroatoms. The fraction of sp³-hybridized carbons (Fsp3) is 0. The minimum atomic E-state index is -3.01. The quantitative estimate of drug-likeness (QED) is 0.0895. The zero-order valence-corrected chi connectivity index (χ0v) is 55.2. The van der Waals surface area contributed by atoms with Crippen LogP contribution in [0.1, 0.15) is 0 Å². The second-order valence-corrected chi connectivity index (χ2v) is 33.5. The number of benzene rings is 15. The van der Waals surface area contributed by atoms with Crippen molar-refractivity contribution in [2.45, 2.75) is 0 Å². The van der Waals surface area contributed by atoms with Crippen LogP contribution < -0.4 is 67.7 Å². The highest BCUT2D eigenvalue weighted by atomic mass is 28.3. The molecule has 19 rings (SSSR count). The molecular formula is C90H63BN4Si2. The summed E-state index contributed by atoms with van der Waals surface area (Å²) in [6.07, 6.45) is 0. The summed E-state index contributed by atoms with van der Waals surface area (Å²) in [5.41, 5.74) is 17.5. The van der Waals surface area contributed by atoms with Crippen molar-refractivity contribution in [3.05, 3.63) is 382 Å². The fourth-order valence-corrected chi connectivity index (χ4v) is 26.6. The van der Waals surface area contributed by atoms with Gasteiger partial charge >= 0.3 is 0 Å². The predicted molar refractivity (Wildman–Crippen MR) is 416 cm³/mol. The van der Waals surface area contributed by atoms with Crippen LogP contribution in [0.5, 0.6) is 0 Å². The van der Waals surface area contributed by atoms with Crippen LogP contribution in [0.2, 0.25) is 0 Å². The Hall–Kier alpha value is -12.0. The first kappa shape index (κ1) is 56.5. The van der Waals surface area contributed by atoms with Gasteiger partial charge in [-0.1, -0.05) is 297 Å². The van der Waals surface area contributed by atoms with Crippen LogP contribution in [-0.4, -0.2) is 32.0 Å². The lowest BCUT2D eigenvalue weighted by Crippen LogP contribution is -2.74. The van der Waals surface area contributed by atoms with Crippen molar-refractivity contribution in [1.29, 1.82) is 0 Å². The SMILES string of the molecule is c1ccc([Si](c2ccccc2)(c2ccccc2)c2cccc(N3c4cc(-n5c6ccccc6c6ccccc65)ccc4B4c5ccc(-n6c7ccccc7c7ccccc76)cc5N(c5cccc([Si](c6ccccc6)(c6ccccc6)c6ccccc6)c5)c5cccc3c54)c2)cc1. The molecule has 0 radical (unpaired) electrons. The summed E-state index contributed by atoms with van der Waals surface area (Å²) in [6, 6.07) is 145. The summed E-state index contributed by atoms with van der Waals surface area (Å²) in [5, 5.41) is 15.6. The molecule has 17 aromatic rings. The molecule has 2 aromatic heterocycles. The maximum atomic E-state index is 2.62. The number of anilines is 6. The van der Waals surface area contributed by atoms with Gasteiger partial charge in [-0.05, 0) is 143 Å². The van der Waals surface area contributed by atoms with E-state index in [-0.39, 0.29) is 6.71 Å². The molecular weight excluding hydrogens is 1200 g/mol. The maximum absolute atomic E-state index is 3.01. The van der Waals surface area contributed by atoms with E-state index in [1.54, 1.807) is 0 Å². The molecule has 15 aromatic carbocycles. The second-order valence-electron chi connectivity index (χ2n) is 25.8. The van der Waals surface area contributed by atoms with Gasteiger partial charge in [0, 0.05) is 67.0 Å². The summed E-state index contributed by atoms with van der Waals surface area (Å²) in [6.45, 7) is -0.160. The normalized spacial score (nSPS) is 12.7. The van der Waals surface area contributed by atoms with Crippen LogP contribution in [0.3, 0.4) is 0 Å². The molecule has 0 bridgehead atoms. The van der Waals surface area contributed by atoms with Gasteiger partial charge in [-0.15, -0.1) is 0 Å². The third-order valence-electron chi connectivity index (χ3n) is 21.0. The van der Waals surface area contributed by atoms with Crippen LogP contribution in [0.15, 0.2) is 382 Å². The number of para-hydroxylation sites is 4. The summed E-state index contributed by atoms with van der Waals surface area (Å²) < 4.78 is 4.96. The summed E-state index contributed by atoms with van der Waals surface area (Å²) >= 11 is 0. The molecule has 4 heterocycles. The molecule has 0 fully saturated rings. The highest BCUT2D eigenvalue weighted by molar-refractivity contribution is 7.20. The van der Waals surface area contributed by atoms with E-state index in [1.165, 1.54) is 101 Å². The van der Waals surface area contributed by atoms with Crippen molar-refractivity contribution < 1.29 is 0 Å². The van der Waals surface area contributed by atoms with Gasteiger partial charge < -0.3 is 18.9 Å². The van der Waals surface area contributed by atoms with Gasteiger partial charge in [0.2, 0.25) is 0 Å². The number of hydrogen-bond acceptors (Lipinski definition) is 2. The Morgan fingerprint density at radius 2 is 0.464 bits per heavy atom. The van der Waals surface area contributed by atoms with Crippen molar-refractivity contribution in [3.63, 3.8) is 0 Å². The minimum Gasteiger partial charge on any atom is -0.311 e. The van der Waals surface area contributed by atoms with Crippen molar-refractivity contribution in [3.8, 4) is 11.4 Å². The van der Waals surface area contributed by atoms with Gasteiger partial charge in [-0.25, -0.2) is 0 Å². The Kier molecular flexibility index (Phi) is 13.3. The Labute approximate surface area is 567 Å². The Bertz CT molecular complexity index is 5200. The van der Waals surface area contributed by atoms with E-state index in [2.05, 4.69) is 401 Å². The largest absolute Gasteiger partial charge is 0.311 e. The molecule has 0 N–H and O–H groups in total. The molecule has 2 aliphatic rings. The van der Waals surface area contributed by atoms with Crippen LogP contribution in [0.25, 0.3) is 55.0 Å². The van der Waals surface area contributed by atoms with Crippen molar-refractivity contribution >= 4 is 158 Å². The first-order chi connectivity index (χ1) is 48.2. The van der Waals surface area contributed by atoms with Gasteiger partial charge in [0.05, 0.1) is 22.1 Å². The molecule has 97 heavy (non-hydrogen) atoms. The fourth-order valence-electron chi connectivity index (χ4n) is 17.0. The van der Waals surface area contributed by atoms with Gasteiger partial charge in [-0.3, -0.25) is 0 Å². The number of rotatable bonds is 12. The average molecular weight is 1270 g/mol. The first-order valence-electron chi connectivity index (χ1n) is 33.7. The van der Waals surface area contributed by atoms with E-state index in [9.17, 15) is 0 Å². The zero-order valence-electron chi connectivity index (χ0n) is 53.2. The van der Waals surface area contributed by atoms with Crippen molar-refractivity contribution in [2.75, 3.05) is 9.80 Å². The average Bonchev–Trinajstić information content (AvgIpc) is 1.21. The Morgan fingerprint density at radius 1 is 0.196 bits per heavy atom. The lowest BCUT2D eigenvalue weighted by atomic mass is 9.33. The smallest absolute Gasteiger partial charge is 0.252 e. The summed E-state index contributed by atoms with van der Waals surface area (Å²) in [7, 11) is -6.02. The van der Waals surface area contributed by atoms with E-state index in [4.69, 9.17) is 0 Å². The summed E-state index contributed by atoms with van der Waals surface area (Å²) in [5.74, 6) is 0. The second kappa shape index (κ2) is 22.9. The molecule has 0 spiro atoms. The standard InChI is InChI=1S/C90H63BN4Si2/c1-7-32-68(33-8-1)96(69-34-9-2-10-35-69,70-36-11-3-12-37-70)74-44-27-30-64(60-74)94-86-54-29-55-87-90(86)91(80-58-56-66(62-88(80)94)92-82-50-23-19-46-76(82)77-47-20-24-51-83(77)92)81-59-57-67(93-84-52-25-21-48-78(84)79-49-22-26-53-85(79)93)63-89(81)95(87)65-31-28-45-75(61-65)97(71-38-13-4-14-39-71,72-40-15-5-16-41-72)73-42-17-6-18-43-73/h1-63H.